The van der Waals surface area contributed by atoms with Crippen LogP contribution in [-0.4, -0.2) is 127 Å². The van der Waals surface area contributed by atoms with Gasteiger partial charge < -0.3 is 14.9 Å². The minimum absolute atomic E-state index is 0.213. The summed E-state index contributed by atoms with van der Waals surface area (Å²) in [4.78, 5) is 89.7. The smallest absolute Gasteiger partial charge is 0.184 e. The molecule has 24 heteroatoms. The Morgan fingerprint density at radius 1 is 0.318 bits per heavy atom. The van der Waals surface area contributed by atoms with E-state index in [-0.39, 0.29) is 51.8 Å². The average Bonchev–Trinajstić information content (AvgIpc) is 1.71. The van der Waals surface area contributed by atoms with Gasteiger partial charge in [0.25, 0.3) is 0 Å². The summed E-state index contributed by atoms with van der Waals surface area (Å²) < 4.78 is -1.32. The number of hydrogen-bond donors (Lipinski definition) is 2. The van der Waals surface area contributed by atoms with Crippen LogP contribution < -0.4 is 4.90 Å². The lowest BCUT2D eigenvalue weighted by Crippen LogP contribution is -2.12. The monoisotopic (exact) mass is 1250 g/mol. The highest BCUT2D eigenvalue weighted by atomic mass is 32.2. The molecular weight excluding hydrogens is 1180 g/mol. The molecule has 2 N–H and O–H groups in total. The topological polar surface area (TPSA) is 228 Å². The number of hydrogen-bond acceptors (Lipinski definition) is 22. The Morgan fingerprint density at radius 2 is 0.612 bits per heavy atom. The Labute approximate surface area is 521 Å². The number of rotatable bonds is 9. The first-order chi connectivity index (χ1) is 39.6. The van der Waals surface area contributed by atoms with Gasteiger partial charge in [-0.3, -0.25) is 4.98 Å². The van der Waals surface area contributed by atoms with E-state index < -0.39 is 0 Å². The van der Waals surface area contributed by atoms with Crippen molar-refractivity contribution in [1.82, 2.24) is 84.7 Å². The van der Waals surface area contributed by atoms with Crippen molar-refractivity contribution in [3.8, 4) is 68.6 Å². The molecule has 0 unspecified atom stereocenters. The largest absolute Gasteiger partial charge is 0.378 e. The Morgan fingerprint density at radius 3 is 0.894 bits per heavy atom. The van der Waals surface area contributed by atoms with Gasteiger partial charge in [-0.15, -0.1) is 0 Å². The molecule has 0 radical (unpaired) electrons. The van der Waals surface area contributed by atoms with Crippen molar-refractivity contribution < 1.29 is 0 Å². The molecule has 0 fully saturated rings. The second kappa shape index (κ2) is 22.0. The van der Waals surface area contributed by atoms with Gasteiger partial charge in [-0.25, -0.2) is 69.8 Å². The Balaban J connectivity index is 1.34. The molecule has 8 aromatic heterocycles. The number of thioether (sulfide) groups is 6. The molecule has 8 bridgehead atoms. The van der Waals surface area contributed by atoms with E-state index in [4.69, 9.17) is 69.8 Å². The van der Waals surface area contributed by atoms with E-state index in [1.165, 1.54) is 0 Å². The number of H-pyrrole nitrogens is 2. The number of anilines is 1. The van der Waals surface area contributed by atoms with Crippen molar-refractivity contribution in [2.24, 2.45) is 0 Å². The van der Waals surface area contributed by atoms with E-state index in [0.717, 1.165) is 47.0 Å². The molecule has 440 valence electrons. The Kier molecular flexibility index (Phi) is 15.7. The number of nitrogens with zero attached hydrogens (tertiary/aromatic N) is 16. The van der Waals surface area contributed by atoms with Gasteiger partial charge in [0.2, 0.25) is 0 Å². The van der Waals surface area contributed by atoms with Gasteiger partial charge in [0.15, 0.2) is 45.9 Å². The van der Waals surface area contributed by atoms with Crippen LogP contribution in [0.25, 0.3) is 113 Å². The second-order valence-corrected chi connectivity index (χ2v) is 37.7. The van der Waals surface area contributed by atoms with Crippen LogP contribution >= 0.6 is 70.6 Å². The molecule has 2 aliphatic rings. The SMILES string of the molecule is CN(C)c1ccc(-c2nc3c4nc5nc(nc6[nH]c(nc7nc(nc([nH]4)c3nc2-c2cccnc2)-c2nc(SC(C)(C)C)c(SC(C)(C)C)nc2-7)c2nc(SC(C)(C)C)c(SC(C)(C)C)nc62)-c2nc(SC(C)(C)C)c(SC(C)(C)C)nc2-5)cc1. The molecule has 9 aromatic rings. The lowest BCUT2D eigenvalue weighted by atomic mass is 10.0. The molecule has 0 spiro atoms. The van der Waals surface area contributed by atoms with Crippen LogP contribution in [0.5, 0.6) is 0 Å². The molecule has 0 atom stereocenters. The molecule has 10 heterocycles. The zero-order valence-corrected chi connectivity index (χ0v) is 56.6. The Bertz CT molecular complexity index is 4300. The molecule has 18 nitrogen and oxygen atoms in total. The van der Waals surface area contributed by atoms with Crippen molar-refractivity contribution in [2.75, 3.05) is 19.0 Å². The van der Waals surface area contributed by atoms with E-state index in [9.17, 15) is 0 Å². The van der Waals surface area contributed by atoms with Gasteiger partial charge in [0.05, 0.1) is 11.4 Å². The number of pyridine rings is 1. The average molecular weight is 1250 g/mol. The molecule has 0 saturated carbocycles. The summed E-state index contributed by atoms with van der Waals surface area (Å²) in [5.41, 5.74) is 8.86. The normalized spacial score (nSPS) is 13.2. The van der Waals surface area contributed by atoms with Crippen LogP contribution in [-0.2, 0) is 0 Å². The van der Waals surface area contributed by atoms with Crippen LogP contribution in [0.2, 0.25) is 0 Å². The van der Waals surface area contributed by atoms with Gasteiger partial charge in [-0.2, -0.15) is 0 Å². The number of benzene rings is 1. The van der Waals surface area contributed by atoms with Gasteiger partial charge in [-0.1, -0.05) is 207 Å². The highest BCUT2D eigenvalue weighted by Crippen LogP contribution is 2.48. The standard InChI is InChI=1S/C61H70N18S6/c1-56(2,3)80-50-52(82-58(7,8)9)67-38-36(65-50)44-72-42-34-35(64-33(30-22-21-27-62-28-30)32(63-34)29-23-25-31(26-24-29)79(19)20)43(71-42)73-45-37-39(68-53(83-59(10,11)12)51(66-37)81-57(4,5)6)47(75-45)77-49-41-40(48(78-49)76-46(38)74-44)69-54(84-60(13,14)15)55(70-41)85-61(16,17)18/h21-28H,1-20H3,(H2,71,72,73,74,75,76,77,78). The molecule has 2 aliphatic heterocycles. The predicted molar refractivity (Wildman–Crippen MR) is 355 cm³/mol. The third-order valence-corrected chi connectivity index (χ3v) is 18.8. The third-order valence-electron chi connectivity index (χ3n) is 11.9. The minimum atomic E-state index is -0.224. The maximum Gasteiger partial charge on any atom is 0.184 e. The fourth-order valence-corrected chi connectivity index (χ4v) is 14.7. The first kappa shape index (κ1) is 60.6. The minimum Gasteiger partial charge on any atom is -0.378 e. The molecule has 0 saturated heterocycles. The summed E-state index contributed by atoms with van der Waals surface area (Å²) in [6.07, 6.45) is 3.53. The molecule has 0 amide bonds. The van der Waals surface area contributed by atoms with Crippen molar-refractivity contribution in [3.63, 3.8) is 0 Å². The molecule has 11 rings (SSSR count). The van der Waals surface area contributed by atoms with Crippen LogP contribution in [0.3, 0.4) is 0 Å². The van der Waals surface area contributed by atoms with Crippen LogP contribution in [0.1, 0.15) is 125 Å². The maximum absolute atomic E-state index is 5.52. The van der Waals surface area contributed by atoms with Crippen LogP contribution in [0, 0.1) is 0 Å². The third kappa shape index (κ3) is 13.6. The summed E-state index contributed by atoms with van der Waals surface area (Å²) in [5.74, 6) is 1.07. The number of fused-ring (bicyclic) bond motifs is 20. The molecule has 85 heavy (non-hydrogen) atoms. The zero-order chi connectivity index (χ0) is 61.1. The van der Waals surface area contributed by atoms with Crippen LogP contribution in [0.4, 0.5) is 5.69 Å². The highest BCUT2D eigenvalue weighted by Gasteiger charge is 2.34. The fraction of sp³-hybridized carbons (Fsp3) is 0.426. The number of nitrogens with one attached hydrogen (secondary N) is 2. The van der Waals surface area contributed by atoms with Crippen molar-refractivity contribution in [3.05, 3.63) is 48.8 Å². The quantitative estimate of drug-likeness (QED) is 0.128. The highest BCUT2D eigenvalue weighted by molar-refractivity contribution is 8.04. The van der Waals surface area contributed by atoms with E-state index in [1.807, 2.05) is 26.2 Å². The van der Waals surface area contributed by atoms with Crippen molar-refractivity contribution in [2.45, 2.75) is 183 Å². The van der Waals surface area contributed by atoms with Gasteiger partial charge in [0.1, 0.15) is 75.0 Å². The molecular formula is C61H70N18S6. The molecule has 1 aromatic carbocycles. The Hall–Kier alpha value is -6.05. The lowest BCUT2D eigenvalue weighted by molar-refractivity contribution is 0.778. The fourth-order valence-electron chi connectivity index (χ4n) is 8.83. The summed E-state index contributed by atoms with van der Waals surface area (Å²) in [6.45, 7) is 39.1. The first-order valence-electron chi connectivity index (χ1n) is 27.9. The van der Waals surface area contributed by atoms with E-state index in [1.54, 1.807) is 83.0 Å². The van der Waals surface area contributed by atoms with Crippen molar-refractivity contribution in [1.29, 1.82) is 0 Å². The maximum atomic E-state index is 5.52. The van der Waals surface area contributed by atoms with E-state index in [0.29, 0.717) is 78.8 Å². The van der Waals surface area contributed by atoms with Crippen molar-refractivity contribution >= 4 is 121 Å². The number of aromatic nitrogens is 17. The first-order valence-corrected chi connectivity index (χ1v) is 32.8. The van der Waals surface area contributed by atoms with Gasteiger partial charge in [0, 0.05) is 71.8 Å². The second-order valence-electron chi connectivity index (χ2n) is 26.8. The zero-order valence-electron chi connectivity index (χ0n) is 51.7. The van der Waals surface area contributed by atoms with Gasteiger partial charge in [-0.05, 0) is 24.3 Å². The predicted octanol–water partition coefficient (Wildman–Crippen LogP) is 16.2. The van der Waals surface area contributed by atoms with Crippen LogP contribution in [0.15, 0.2) is 78.9 Å². The lowest BCUT2D eigenvalue weighted by Gasteiger charge is -2.22. The summed E-state index contributed by atoms with van der Waals surface area (Å²) in [6, 6.07) is 12.1. The molecule has 0 aliphatic carbocycles. The summed E-state index contributed by atoms with van der Waals surface area (Å²) >= 11 is 9.87. The van der Waals surface area contributed by atoms with E-state index >= 15 is 0 Å². The summed E-state index contributed by atoms with van der Waals surface area (Å²) in [7, 11) is 4.03. The summed E-state index contributed by atoms with van der Waals surface area (Å²) in [5, 5.41) is 4.54. The van der Waals surface area contributed by atoms with E-state index in [2.05, 4.69) is 169 Å². The van der Waals surface area contributed by atoms with Gasteiger partial charge >= 0.3 is 0 Å². The number of aromatic amines is 2.